The fraction of sp³-hybridized carbons (Fsp3) is 0.333. The van der Waals surface area contributed by atoms with Crippen LogP contribution in [0.15, 0.2) is 42.5 Å². The van der Waals surface area contributed by atoms with Crippen molar-refractivity contribution in [1.29, 1.82) is 0 Å². The molecule has 0 aliphatic carbocycles. The Morgan fingerprint density at radius 1 is 0.950 bits per heavy atom. The average Bonchev–Trinajstić information content (AvgIpc) is 2.42. The van der Waals surface area contributed by atoms with Gasteiger partial charge in [0.25, 0.3) is 0 Å². The molecule has 0 aliphatic heterocycles. The van der Waals surface area contributed by atoms with Crippen LogP contribution in [-0.2, 0) is 0 Å². The molecule has 1 atom stereocenters. The van der Waals surface area contributed by atoms with E-state index >= 15 is 0 Å². The van der Waals surface area contributed by atoms with E-state index in [1.165, 1.54) is 27.9 Å². The van der Waals surface area contributed by atoms with Gasteiger partial charge in [0, 0.05) is 25.3 Å². The van der Waals surface area contributed by atoms with E-state index in [1.807, 2.05) is 0 Å². The summed E-state index contributed by atoms with van der Waals surface area (Å²) >= 11 is 0. The molecule has 0 spiro atoms. The van der Waals surface area contributed by atoms with Gasteiger partial charge in [0.2, 0.25) is 0 Å². The molecule has 0 aliphatic rings. The average molecular weight is 268 g/mol. The zero-order chi connectivity index (χ0) is 14.7. The Labute approximate surface area is 122 Å². The van der Waals surface area contributed by atoms with Crippen LogP contribution in [0.3, 0.4) is 0 Å². The largest absolute Gasteiger partial charge is 0.373 e. The number of aryl methyl sites for hydroxylation is 3. The first kappa shape index (κ1) is 14.6. The highest BCUT2D eigenvalue weighted by molar-refractivity contribution is 5.47. The fourth-order valence-electron chi connectivity index (χ4n) is 2.30. The van der Waals surface area contributed by atoms with Crippen molar-refractivity contribution in [1.82, 2.24) is 0 Å². The zero-order valence-electron chi connectivity index (χ0n) is 12.9. The van der Waals surface area contributed by atoms with Gasteiger partial charge in [0.15, 0.2) is 0 Å². The number of hydrogen-bond acceptors (Lipinski definition) is 2. The summed E-state index contributed by atoms with van der Waals surface area (Å²) in [5, 5.41) is 0. The van der Waals surface area contributed by atoms with Gasteiger partial charge in [-0.2, -0.15) is 0 Å². The minimum absolute atomic E-state index is 0.0283. The second-order valence-electron chi connectivity index (χ2n) is 5.67. The molecule has 0 fully saturated rings. The molecule has 0 saturated heterocycles. The maximum atomic E-state index is 6.34. The lowest BCUT2D eigenvalue weighted by atomic mass is 10.0. The van der Waals surface area contributed by atoms with Crippen molar-refractivity contribution in [2.45, 2.75) is 26.8 Å². The third-order valence-corrected chi connectivity index (χ3v) is 3.90. The second kappa shape index (κ2) is 6.10. The van der Waals surface area contributed by atoms with E-state index in [4.69, 9.17) is 5.73 Å². The third-order valence-electron chi connectivity index (χ3n) is 3.90. The second-order valence-corrected chi connectivity index (χ2v) is 5.67. The van der Waals surface area contributed by atoms with Gasteiger partial charge >= 0.3 is 0 Å². The highest BCUT2D eigenvalue weighted by Gasteiger charge is 2.10. The van der Waals surface area contributed by atoms with E-state index < -0.39 is 0 Å². The molecule has 1 unspecified atom stereocenters. The first-order valence-corrected chi connectivity index (χ1v) is 7.08. The van der Waals surface area contributed by atoms with Gasteiger partial charge in [0.1, 0.15) is 0 Å². The lowest BCUT2D eigenvalue weighted by Crippen LogP contribution is -2.29. The van der Waals surface area contributed by atoms with Crippen LogP contribution < -0.4 is 10.6 Å². The van der Waals surface area contributed by atoms with Crippen LogP contribution in [0.4, 0.5) is 5.69 Å². The zero-order valence-corrected chi connectivity index (χ0v) is 12.9. The highest BCUT2D eigenvalue weighted by Crippen LogP contribution is 2.19. The van der Waals surface area contributed by atoms with Gasteiger partial charge in [-0.1, -0.05) is 35.9 Å². The molecule has 0 aromatic heterocycles. The van der Waals surface area contributed by atoms with Crippen molar-refractivity contribution in [3.8, 4) is 0 Å². The molecule has 0 saturated carbocycles. The monoisotopic (exact) mass is 268 g/mol. The van der Waals surface area contributed by atoms with E-state index in [1.54, 1.807) is 0 Å². The van der Waals surface area contributed by atoms with Crippen molar-refractivity contribution in [3.63, 3.8) is 0 Å². The van der Waals surface area contributed by atoms with E-state index in [0.717, 1.165) is 6.54 Å². The Morgan fingerprint density at radius 3 is 2.20 bits per heavy atom. The first-order chi connectivity index (χ1) is 9.47. The Bertz CT molecular complexity index is 572. The van der Waals surface area contributed by atoms with Crippen LogP contribution in [0.25, 0.3) is 0 Å². The fourth-order valence-corrected chi connectivity index (χ4v) is 2.30. The van der Waals surface area contributed by atoms with E-state index in [2.05, 4.69) is 75.2 Å². The molecule has 0 radical (unpaired) electrons. The van der Waals surface area contributed by atoms with Crippen molar-refractivity contribution >= 4 is 5.69 Å². The standard InChI is InChI=1S/C18H24N2/c1-13-5-9-17(10-6-13)20(4)12-18(19)16-8-7-14(2)15(3)11-16/h5-11,18H,12,19H2,1-4H3. The molecule has 2 heteroatoms. The van der Waals surface area contributed by atoms with Gasteiger partial charge in [-0.25, -0.2) is 0 Å². The Hall–Kier alpha value is -1.80. The number of likely N-dealkylation sites (N-methyl/N-ethyl adjacent to an activating group) is 1. The number of hydrogen-bond donors (Lipinski definition) is 1. The molecule has 2 N–H and O–H groups in total. The van der Waals surface area contributed by atoms with Gasteiger partial charge in [0.05, 0.1) is 0 Å². The molecular weight excluding hydrogens is 244 g/mol. The van der Waals surface area contributed by atoms with Crippen molar-refractivity contribution in [2.75, 3.05) is 18.5 Å². The van der Waals surface area contributed by atoms with Crippen LogP contribution in [0.1, 0.15) is 28.3 Å². The predicted molar refractivity (Wildman–Crippen MR) is 87.3 cm³/mol. The van der Waals surface area contributed by atoms with Gasteiger partial charge in [-0.15, -0.1) is 0 Å². The van der Waals surface area contributed by atoms with Crippen molar-refractivity contribution in [3.05, 3.63) is 64.7 Å². The van der Waals surface area contributed by atoms with Crippen LogP contribution in [-0.4, -0.2) is 13.6 Å². The van der Waals surface area contributed by atoms with Crippen molar-refractivity contribution < 1.29 is 0 Å². The minimum Gasteiger partial charge on any atom is -0.373 e. The van der Waals surface area contributed by atoms with E-state index in [0.29, 0.717) is 0 Å². The lowest BCUT2D eigenvalue weighted by molar-refractivity contribution is 0.702. The summed E-state index contributed by atoms with van der Waals surface area (Å²) < 4.78 is 0. The van der Waals surface area contributed by atoms with Crippen LogP contribution in [0.2, 0.25) is 0 Å². The topological polar surface area (TPSA) is 29.3 Å². The molecule has 2 rings (SSSR count). The summed E-state index contributed by atoms with van der Waals surface area (Å²) in [4.78, 5) is 2.21. The van der Waals surface area contributed by atoms with Crippen LogP contribution in [0.5, 0.6) is 0 Å². The third kappa shape index (κ3) is 3.40. The normalized spacial score (nSPS) is 12.2. The summed E-state index contributed by atoms with van der Waals surface area (Å²) in [5.74, 6) is 0. The van der Waals surface area contributed by atoms with Crippen LogP contribution in [0, 0.1) is 20.8 Å². The maximum absolute atomic E-state index is 6.34. The maximum Gasteiger partial charge on any atom is 0.0473 e. The molecule has 2 aromatic carbocycles. The number of benzene rings is 2. The summed E-state index contributed by atoms with van der Waals surface area (Å²) in [6.45, 7) is 7.18. The highest BCUT2D eigenvalue weighted by atomic mass is 15.1. The van der Waals surface area contributed by atoms with Crippen molar-refractivity contribution in [2.24, 2.45) is 5.73 Å². The van der Waals surface area contributed by atoms with E-state index in [-0.39, 0.29) is 6.04 Å². The molecule has 20 heavy (non-hydrogen) atoms. The van der Waals surface area contributed by atoms with Crippen LogP contribution >= 0.6 is 0 Å². The Kier molecular flexibility index (Phi) is 4.46. The summed E-state index contributed by atoms with van der Waals surface area (Å²) in [6, 6.07) is 15.1. The molecular formula is C18H24N2. The van der Waals surface area contributed by atoms with Gasteiger partial charge in [-0.05, 0) is 49.6 Å². The molecule has 106 valence electrons. The Morgan fingerprint density at radius 2 is 1.60 bits per heavy atom. The summed E-state index contributed by atoms with van der Waals surface area (Å²) in [6.07, 6.45) is 0. The van der Waals surface area contributed by atoms with E-state index in [9.17, 15) is 0 Å². The molecule has 0 bridgehead atoms. The lowest BCUT2D eigenvalue weighted by Gasteiger charge is -2.24. The summed E-state index contributed by atoms with van der Waals surface area (Å²) in [5.41, 5.74) is 12.6. The molecule has 0 heterocycles. The predicted octanol–water partition coefficient (Wildman–Crippen LogP) is 3.75. The minimum atomic E-state index is 0.0283. The number of rotatable bonds is 4. The smallest absolute Gasteiger partial charge is 0.0473 e. The Balaban J connectivity index is 2.08. The molecule has 0 amide bonds. The number of anilines is 1. The first-order valence-electron chi connectivity index (χ1n) is 7.08. The molecule has 2 aromatic rings. The quantitative estimate of drug-likeness (QED) is 0.915. The van der Waals surface area contributed by atoms with Gasteiger partial charge in [-0.3, -0.25) is 0 Å². The molecule has 2 nitrogen and oxygen atoms in total. The SMILES string of the molecule is Cc1ccc(N(C)CC(N)c2ccc(C)c(C)c2)cc1. The number of nitrogens with two attached hydrogens (primary N) is 1. The summed E-state index contributed by atoms with van der Waals surface area (Å²) in [7, 11) is 2.09. The number of nitrogens with zero attached hydrogens (tertiary/aromatic N) is 1. The van der Waals surface area contributed by atoms with Gasteiger partial charge < -0.3 is 10.6 Å².